The summed E-state index contributed by atoms with van der Waals surface area (Å²) in [6.07, 6.45) is 2.19. The first-order valence-corrected chi connectivity index (χ1v) is 11.9. The molecule has 0 radical (unpaired) electrons. The van der Waals surface area contributed by atoms with E-state index in [1.54, 1.807) is 60.7 Å². The van der Waals surface area contributed by atoms with Crippen LogP contribution in [0.2, 0.25) is 0 Å². The molecule has 0 aliphatic carbocycles. The van der Waals surface area contributed by atoms with Gasteiger partial charge in [-0.2, -0.15) is 5.10 Å². The lowest BCUT2D eigenvalue weighted by Crippen LogP contribution is -2.26. The Morgan fingerprint density at radius 3 is 2.12 bits per heavy atom. The third-order valence-corrected chi connectivity index (χ3v) is 5.95. The number of ether oxygens (including phenoxy) is 1. The minimum atomic E-state index is -0.464. The zero-order chi connectivity index (χ0) is 24.3. The number of amides is 2. The highest BCUT2D eigenvalue weighted by Gasteiger charge is 2.12. The van der Waals surface area contributed by atoms with Gasteiger partial charge < -0.3 is 10.1 Å². The molecular weight excluding hydrogens is 566 g/mol. The van der Waals surface area contributed by atoms with Crippen LogP contribution in [-0.4, -0.2) is 30.5 Å². The Morgan fingerprint density at radius 2 is 1.47 bits per heavy atom. The third-order valence-electron chi connectivity index (χ3n) is 4.57. The van der Waals surface area contributed by atoms with Crippen LogP contribution in [-0.2, 0) is 4.79 Å². The minimum absolute atomic E-state index is 0.198. The number of nitrogens with one attached hydrogen (secondary N) is 2. The van der Waals surface area contributed by atoms with Crippen molar-refractivity contribution < 1.29 is 19.1 Å². The highest BCUT2D eigenvalue weighted by molar-refractivity contribution is 9.10. The van der Waals surface area contributed by atoms with Crippen molar-refractivity contribution in [2.75, 3.05) is 6.54 Å². The van der Waals surface area contributed by atoms with Crippen molar-refractivity contribution in [2.45, 2.75) is 12.8 Å². The highest BCUT2D eigenvalue weighted by atomic mass is 79.9. The fourth-order valence-corrected chi connectivity index (χ4v) is 3.75. The van der Waals surface area contributed by atoms with Gasteiger partial charge in [0.05, 0.1) is 17.3 Å². The Kier molecular flexibility index (Phi) is 9.54. The molecule has 0 saturated carbocycles. The van der Waals surface area contributed by atoms with E-state index >= 15 is 0 Å². The number of benzene rings is 3. The Labute approximate surface area is 213 Å². The molecule has 0 aliphatic heterocycles. The van der Waals surface area contributed by atoms with Crippen LogP contribution in [0.1, 0.15) is 39.1 Å². The zero-order valence-electron chi connectivity index (χ0n) is 18.0. The molecular formula is C25H21Br2N3O4. The average Bonchev–Trinajstić information content (AvgIpc) is 2.83. The van der Waals surface area contributed by atoms with E-state index in [0.29, 0.717) is 34.3 Å². The standard InChI is InChI=1S/C25H21Br2N3O4/c26-21-8-3-1-6-19(21)24(32)28-15-5-10-23(31)30-29-16-17-11-13-18(14-12-17)34-25(33)20-7-2-4-9-22(20)27/h1-4,6-9,11-14,16H,5,10,15H2,(H,28,32)(H,30,31). The number of halogens is 2. The summed E-state index contributed by atoms with van der Waals surface area (Å²) in [6, 6.07) is 20.9. The monoisotopic (exact) mass is 585 g/mol. The predicted molar refractivity (Wildman–Crippen MR) is 137 cm³/mol. The van der Waals surface area contributed by atoms with Gasteiger partial charge in [-0.1, -0.05) is 24.3 Å². The van der Waals surface area contributed by atoms with Crippen LogP contribution in [0, 0.1) is 0 Å². The number of hydrogen-bond acceptors (Lipinski definition) is 5. The van der Waals surface area contributed by atoms with Crippen molar-refractivity contribution >= 4 is 55.9 Å². The summed E-state index contributed by atoms with van der Waals surface area (Å²) >= 11 is 6.67. The molecule has 0 bridgehead atoms. The molecule has 0 spiro atoms. The fraction of sp³-hybridized carbons (Fsp3) is 0.120. The van der Waals surface area contributed by atoms with Gasteiger partial charge in [0.15, 0.2) is 0 Å². The number of carbonyl (C=O) groups is 3. The maximum atomic E-state index is 12.2. The summed E-state index contributed by atoms with van der Waals surface area (Å²) in [5.74, 6) is -0.526. The number of rotatable bonds is 9. The lowest BCUT2D eigenvalue weighted by Gasteiger charge is -2.06. The summed E-state index contributed by atoms with van der Waals surface area (Å²) in [7, 11) is 0. The van der Waals surface area contributed by atoms with Gasteiger partial charge in [-0.05, 0) is 92.4 Å². The van der Waals surface area contributed by atoms with Gasteiger partial charge in [0.25, 0.3) is 5.91 Å². The first kappa shape index (κ1) is 25.3. The van der Waals surface area contributed by atoms with Crippen LogP contribution in [0.5, 0.6) is 5.75 Å². The van der Waals surface area contributed by atoms with E-state index in [1.807, 2.05) is 12.1 Å². The van der Waals surface area contributed by atoms with Crippen LogP contribution >= 0.6 is 31.9 Å². The predicted octanol–water partition coefficient (Wildman–Crippen LogP) is 5.09. The Balaban J connectivity index is 1.38. The normalized spacial score (nSPS) is 10.6. The SMILES string of the molecule is O=C(CCCNC(=O)c1ccccc1Br)NN=Cc1ccc(OC(=O)c2ccccc2Br)cc1. The van der Waals surface area contributed by atoms with Crippen molar-refractivity contribution in [2.24, 2.45) is 5.10 Å². The summed E-state index contributed by atoms with van der Waals surface area (Å²) in [5.41, 5.74) is 4.16. The van der Waals surface area contributed by atoms with E-state index in [9.17, 15) is 14.4 Å². The topological polar surface area (TPSA) is 96.9 Å². The molecule has 3 rings (SSSR count). The van der Waals surface area contributed by atoms with Gasteiger partial charge in [-0.3, -0.25) is 9.59 Å². The molecule has 0 fully saturated rings. The van der Waals surface area contributed by atoms with Crippen LogP contribution in [0.25, 0.3) is 0 Å². The van der Waals surface area contributed by atoms with Crippen LogP contribution < -0.4 is 15.5 Å². The van der Waals surface area contributed by atoms with Gasteiger partial charge in [0.2, 0.25) is 5.91 Å². The first-order valence-electron chi connectivity index (χ1n) is 10.4. The molecule has 3 aromatic carbocycles. The number of carbonyl (C=O) groups excluding carboxylic acids is 3. The molecule has 174 valence electrons. The molecule has 0 heterocycles. The van der Waals surface area contributed by atoms with Gasteiger partial charge >= 0.3 is 5.97 Å². The van der Waals surface area contributed by atoms with E-state index in [2.05, 4.69) is 47.7 Å². The third kappa shape index (κ3) is 7.64. The van der Waals surface area contributed by atoms with Gasteiger partial charge in [0.1, 0.15) is 5.75 Å². The quantitative estimate of drug-likeness (QED) is 0.120. The fourth-order valence-electron chi connectivity index (χ4n) is 2.84. The highest BCUT2D eigenvalue weighted by Crippen LogP contribution is 2.19. The molecule has 2 N–H and O–H groups in total. The van der Waals surface area contributed by atoms with Crippen molar-refractivity contribution in [3.63, 3.8) is 0 Å². The van der Waals surface area contributed by atoms with E-state index in [0.717, 1.165) is 10.0 Å². The number of nitrogens with zero attached hydrogens (tertiary/aromatic N) is 1. The van der Waals surface area contributed by atoms with Crippen molar-refractivity contribution in [1.29, 1.82) is 0 Å². The van der Waals surface area contributed by atoms with Gasteiger partial charge in [0, 0.05) is 21.9 Å². The maximum absolute atomic E-state index is 12.2. The molecule has 3 aromatic rings. The lowest BCUT2D eigenvalue weighted by molar-refractivity contribution is -0.121. The Bertz CT molecular complexity index is 1200. The molecule has 0 aromatic heterocycles. The number of esters is 1. The number of hydrazone groups is 1. The molecule has 0 saturated heterocycles. The molecule has 0 aliphatic rings. The Morgan fingerprint density at radius 1 is 0.853 bits per heavy atom. The average molecular weight is 587 g/mol. The van der Waals surface area contributed by atoms with Gasteiger partial charge in [-0.25, -0.2) is 10.2 Å². The van der Waals surface area contributed by atoms with E-state index in [-0.39, 0.29) is 18.2 Å². The summed E-state index contributed by atoms with van der Waals surface area (Å²) in [4.78, 5) is 36.3. The lowest BCUT2D eigenvalue weighted by atomic mass is 10.2. The molecule has 0 unspecified atom stereocenters. The Hall–Kier alpha value is -3.30. The van der Waals surface area contributed by atoms with E-state index in [4.69, 9.17) is 4.74 Å². The largest absolute Gasteiger partial charge is 0.423 e. The second kappa shape index (κ2) is 12.8. The zero-order valence-corrected chi connectivity index (χ0v) is 21.1. The van der Waals surface area contributed by atoms with E-state index in [1.165, 1.54) is 6.21 Å². The molecule has 9 heteroatoms. The molecule has 0 atom stereocenters. The smallest absolute Gasteiger partial charge is 0.344 e. The summed E-state index contributed by atoms with van der Waals surface area (Å²) in [6.45, 7) is 0.372. The van der Waals surface area contributed by atoms with E-state index < -0.39 is 5.97 Å². The summed E-state index contributed by atoms with van der Waals surface area (Å²) in [5, 5.41) is 6.72. The second-order valence-corrected chi connectivity index (χ2v) is 8.78. The van der Waals surface area contributed by atoms with Crippen molar-refractivity contribution in [1.82, 2.24) is 10.7 Å². The molecule has 7 nitrogen and oxygen atoms in total. The second-order valence-electron chi connectivity index (χ2n) is 7.07. The molecule has 2 amide bonds. The van der Waals surface area contributed by atoms with Crippen LogP contribution in [0.3, 0.4) is 0 Å². The first-order chi connectivity index (χ1) is 16.4. The summed E-state index contributed by atoms with van der Waals surface area (Å²) < 4.78 is 6.75. The maximum Gasteiger partial charge on any atom is 0.344 e. The van der Waals surface area contributed by atoms with Crippen molar-refractivity contribution in [3.8, 4) is 5.75 Å². The number of hydrogen-bond donors (Lipinski definition) is 2. The van der Waals surface area contributed by atoms with Crippen LogP contribution in [0.15, 0.2) is 86.8 Å². The minimum Gasteiger partial charge on any atom is -0.423 e. The van der Waals surface area contributed by atoms with Gasteiger partial charge in [-0.15, -0.1) is 0 Å². The van der Waals surface area contributed by atoms with Crippen molar-refractivity contribution in [3.05, 3.63) is 98.4 Å². The van der Waals surface area contributed by atoms with Crippen LogP contribution in [0.4, 0.5) is 0 Å². The molecule has 34 heavy (non-hydrogen) atoms.